The highest BCUT2D eigenvalue weighted by Gasteiger charge is 2.25. The van der Waals surface area contributed by atoms with E-state index in [0.29, 0.717) is 17.2 Å². The number of aromatic nitrogens is 3. The van der Waals surface area contributed by atoms with Crippen LogP contribution in [0.2, 0.25) is 0 Å². The number of thiazole rings is 1. The summed E-state index contributed by atoms with van der Waals surface area (Å²) < 4.78 is 1.07. The molecule has 0 fully saturated rings. The van der Waals surface area contributed by atoms with Crippen LogP contribution in [0.3, 0.4) is 0 Å². The van der Waals surface area contributed by atoms with E-state index in [1.54, 1.807) is 40.0 Å². The smallest absolute Gasteiger partial charge is 0.261 e. The lowest BCUT2D eigenvalue weighted by molar-refractivity contribution is 0.0986. The summed E-state index contributed by atoms with van der Waals surface area (Å²) in [6, 6.07) is 21.9. The van der Waals surface area contributed by atoms with Gasteiger partial charge in [-0.05, 0) is 66.2 Å². The first-order valence-corrected chi connectivity index (χ1v) is 13.3. The number of carbonyl (C=O) groups is 1. The Morgan fingerprint density at radius 3 is 2.67 bits per heavy atom. The fourth-order valence-electron chi connectivity index (χ4n) is 4.42. The van der Waals surface area contributed by atoms with Crippen molar-refractivity contribution in [2.45, 2.75) is 20.4 Å². The van der Waals surface area contributed by atoms with E-state index >= 15 is 0 Å². The molecule has 6 rings (SSSR count). The molecule has 0 spiro atoms. The van der Waals surface area contributed by atoms with Gasteiger partial charge >= 0.3 is 0 Å². The van der Waals surface area contributed by atoms with Gasteiger partial charge in [-0.2, -0.15) is 0 Å². The van der Waals surface area contributed by atoms with Crippen LogP contribution in [-0.4, -0.2) is 20.9 Å². The van der Waals surface area contributed by atoms with Crippen molar-refractivity contribution in [3.8, 4) is 10.6 Å². The fourth-order valence-corrected chi connectivity index (χ4v) is 6.25. The van der Waals surface area contributed by atoms with Gasteiger partial charge in [-0.15, -0.1) is 11.3 Å². The lowest BCUT2D eigenvalue weighted by atomic mass is 10.1. The van der Waals surface area contributed by atoms with E-state index in [9.17, 15) is 4.79 Å². The molecule has 0 N–H and O–H groups in total. The predicted molar refractivity (Wildman–Crippen MR) is 149 cm³/mol. The highest BCUT2D eigenvalue weighted by atomic mass is 32.1. The zero-order valence-corrected chi connectivity index (χ0v) is 21.4. The van der Waals surface area contributed by atoms with Gasteiger partial charge in [0.1, 0.15) is 0 Å². The van der Waals surface area contributed by atoms with Crippen molar-refractivity contribution < 1.29 is 4.79 Å². The number of fused-ring (bicyclic) bond motifs is 2. The van der Waals surface area contributed by atoms with Crippen molar-refractivity contribution in [2.24, 2.45) is 0 Å². The van der Waals surface area contributed by atoms with E-state index in [0.717, 1.165) is 42.8 Å². The van der Waals surface area contributed by atoms with Crippen LogP contribution in [0.4, 0.5) is 5.13 Å². The molecule has 6 aromatic rings. The van der Waals surface area contributed by atoms with E-state index in [1.165, 1.54) is 5.56 Å². The quantitative estimate of drug-likeness (QED) is 0.244. The number of hydrogen-bond acceptors (Lipinski definition) is 6. The summed E-state index contributed by atoms with van der Waals surface area (Å²) in [5.41, 5.74) is 6.36. The van der Waals surface area contributed by atoms with Crippen molar-refractivity contribution in [3.63, 3.8) is 0 Å². The van der Waals surface area contributed by atoms with Crippen LogP contribution >= 0.6 is 22.7 Å². The Morgan fingerprint density at radius 1 is 0.972 bits per heavy atom. The molecule has 36 heavy (non-hydrogen) atoms. The number of anilines is 1. The molecule has 0 aliphatic rings. The third-order valence-corrected chi connectivity index (χ3v) is 8.00. The van der Waals surface area contributed by atoms with E-state index < -0.39 is 0 Å². The Bertz CT molecular complexity index is 1710. The van der Waals surface area contributed by atoms with Crippen LogP contribution in [0, 0.1) is 13.8 Å². The first kappa shape index (κ1) is 22.5. The maximum Gasteiger partial charge on any atom is 0.261 e. The molecule has 7 heteroatoms. The second-order valence-corrected chi connectivity index (χ2v) is 10.7. The molecule has 5 nitrogen and oxygen atoms in total. The highest BCUT2D eigenvalue weighted by Crippen LogP contribution is 2.35. The number of carbonyl (C=O) groups excluding carboxylic acids is 1. The molecule has 0 saturated heterocycles. The minimum absolute atomic E-state index is 0.108. The molecule has 0 aliphatic heterocycles. The van der Waals surface area contributed by atoms with Gasteiger partial charge in [-0.25, -0.2) is 9.97 Å². The molecule has 0 atom stereocenters. The first-order chi connectivity index (χ1) is 17.6. The molecule has 0 unspecified atom stereocenters. The number of hydrogen-bond donors (Lipinski definition) is 0. The SMILES string of the molecule is Cc1cc(C)c2nc(N(Cc3cccnc3)C(=O)c3cc(-c4cccs4)nc4ccccc34)sc2c1. The largest absolute Gasteiger partial charge is 0.279 e. The predicted octanol–water partition coefficient (Wildman–Crippen LogP) is 7.43. The molecule has 0 aliphatic carbocycles. The van der Waals surface area contributed by atoms with E-state index in [1.807, 2.05) is 60.0 Å². The molecule has 4 aromatic heterocycles. The summed E-state index contributed by atoms with van der Waals surface area (Å²) in [6.45, 7) is 4.52. The fraction of sp³-hybridized carbons (Fsp3) is 0.103. The maximum atomic E-state index is 14.4. The normalized spacial score (nSPS) is 11.3. The second kappa shape index (κ2) is 9.26. The first-order valence-electron chi connectivity index (χ1n) is 11.6. The van der Waals surface area contributed by atoms with Crippen LogP contribution in [0.5, 0.6) is 0 Å². The summed E-state index contributed by atoms with van der Waals surface area (Å²) >= 11 is 3.16. The van der Waals surface area contributed by atoms with Crippen LogP contribution in [-0.2, 0) is 6.54 Å². The minimum atomic E-state index is -0.108. The summed E-state index contributed by atoms with van der Waals surface area (Å²) in [5, 5.41) is 3.52. The Hall–Kier alpha value is -3.94. The molecule has 0 radical (unpaired) electrons. The van der Waals surface area contributed by atoms with Crippen LogP contribution in [0.1, 0.15) is 27.0 Å². The van der Waals surface area contributed by atoms with Gasteiger partial charge in [0.05, 0.1) is 38.4 Å². The number of benzene rings is 2. The van der Waals surface area contributed by atoms with Gasteiger partial charge in [0.2, 0.25) is 0 Å². The summed E-state index contributed by atoms with van der Waals surface area (Å²) in [4.78, 5) is 31.2. The summed E-state index contributed by atoms with van der Waals surface area (Å²) in [6.07, 6.45) is 3.54. The lowest BCUT2D eigenvalue weighted by Crippen LogP contribution is -2.30. The van der Waals surface area contributed by atoms with Gasteiger partial charge in [-0.3, -0.25) is 14.7 Å². The molecule has 176 valence electrons. The highest BCUT2D eigenvalue weighted by molar-refractivity contribution is 7.22. The zero-order valence-electron chi connectivity index (χ0n) is 19.8. The third kappa shape index (κ3) is 4.17. The van der Waals surface area contributed by atoms with Gasteiger partial charge in [0.15, 0.2) is 5.13 Å². The van der Waals surface area contributed by atoms with Gasteiger partial charge in [0, 0.05) is 17.8 Å². The Morgan fingerprint density at radius 2 is 1.86 bits per heavy atom. The third-order valence-electron chi connectivity index (χ3n) is 6.08. The number of thiophene rings is 1. The van der Waals surface area contributed by atoms with Crippen molar-refractivity contribution in [2.75, 3.05) is 4.90 Å². The van der Waals surface area contributed by atoms with Gasteiger partial charge < -0.3 is 0 Å². The maximum absolute atomic E-state index is 14.4. The van der Waals surface area contributed by atoms with Crippen LogP contribution < -0.4 is 4.90 Å². The molecule has 0 saturated carbocycles. The summed E-state index contributed by atoms with van der Waals surface area (Å²) in [7, 11) is 0. The number of para-hydroxylation sites is 1. The van der Waals surface area contributed by atoms with E-state index in [2.05, 4.69) is 31.0 Å². The minimum Gasteiger partial charge on any atom is -0.279 e. The number of pyridine rings is 2. The number of nitrogens with zero attached hydrogens (tertiary/aromatic N) is 4. The molecule has 1 amide bonds. The Kier molecular flexibility index (Phi) is 5.79. The van der Waals surface area contributed by atoms with Gasteiger partial charge in [0.25, 0.3) is 5.91 Å². The average molecular weight is 507 g/mol. The zero-order chi connectivity index (χ0) is 24.6. The van der Waals surface area contributed by atoms with Crippen LogP contribution in [0.15, 0.2) is 84.5 Å². The van der Waals surface area contributed by atoms with E-state index in [4.69, 9.17) is 9.97 Å². The molecule has 2 aromatic carbocycles. The molecular weight excluding hydrogens is 484 g/mol. The van der Waals surface area contributed by atoms with Crippen molar-refractivity contribution >= 4 is 54.8 Å². The van der Waals surface area contributed by atoms with Crippen molar-refractivity contribution in [3.05, 3.63) is 107 Å². The van der Waals surface area contributed by atoms with Crippen molar-refractivity contribution in [1.29, 1.82) is 0 Å². The van der Waals surface area contributed by atoms with Crippen molar-refractivity contribution in [1.82, 2.24) is 15.0 Å². The van der Waals surface area contributed by atoms with Crippen LogP contribution in [0.25, 0.3) is 31.7 Å². The topological polar surface area (TPSA) is 59.0 Å². The molecular formula is C29H22N4OS2. The van der Waals surface area contributed by atoms with E-state index in [-0.39, 0.29) is 5.91 Å². The summed E-state index contributed by atoms with van der Waals surface area (Å²) in [5.74, 6) is -0.108. The number of rotatable bonds is 5. The average Bonchev–Trinajstić information content (AvgIpc) is 3.58. The monoisotopic (exact) mass is 506 g/mol. The molecule has 4 heterocycles. The standard InChI is InChI=1S/C29H22N4OS2/c1-18-13-19(2)27-26(14-18)36-29(32-27)33(17-20-7-5-11-30-16-20)28(34)22-15-24(25-10-6-12-35-25)31-23-9-4-3-8-21(22)23/h3-16H,17H2,1-2H3. The Balaban J connectivity index is 1.53. The lowest BCUT2D eigenvalue weighted by Gasteiger charge is -2.21. The second-order valence-electron chi connectivity index (χ2n) is 8.73. The number of amides is 1. The Labute approximate surface area is 216 Å². The number of aryl methyl sites for hydroxylation is 2. The molecule has 0 bridgehead atoms. The van der Waals surface area contributed by atoms with Gasteiger partial charge in [-0.1, -0.05) is 47.7 Å².